The van der Waals surface area contributed by atoms with Crippen LogP contribution in [0.25, 0.3) is 0 Å². The van der Waals surface area contributed by atoms with Gasteiger partial charge >= 0.3 is 0 Å². The van der Waals surface area contributed by atoms with Gasteiger partial charge in [0.25, 0.3) is 0 Å². The van der Waals surface area contributed by atoms with Gasteiger partial charge in [-0.05, 0) is 30.9 Å². The Hall–Kier alpha value is -1.35. The van der Waals surface area contributed by atoms with E-state index < -0.39 is 6.04 Å². The maximum Gasteiger partial charge on any atom is 0.237 e. The zero-order valence-corrected chi connectivity index (χ0v) is 11.1. The Morgan fingerprint density at radius 1 is 1.35 bits per heavy atom. The van der Waals surface area contributed by atoms with Crippen molar-refractivity contribution >= 4 is 5.91 Å². The molecule has 0 aromatic heterocycles. The fourth-order valence-electron chi connectivity index (χ4n) is 1.59. The van der Waals surface area contributed by atoms with Crippen molar-refractivity contribution in [3.05, 3.63) is 34.9 Å². The molecule has 0 aliphatic rings. The number of amides is 1. The zero-order chi connectivity index (χ0) is 13.0. The van der Waals surface area contributed by atoms with Gasteiger partial charge < -0.3 is 11.1 Å². The highest BCUT2D eigenvalue weighted by molar-refractivity contribution is 5.81. The van der Waals surface area contributed by atoms with E-state index in [1.54, 1.807) is 0 Å². The van der Waals surface area contributed by atoms with E-state index in [9.17, 15) is 4.79 Å². The smallest absolute Gasteiger partial charge is 0.237 e. The highest BCUT2D eigenvalue weighted by Crippen LogP contribution is 2.10. The highest BCUT2D eigenvalue weighted by Gasteiger charge is 2.16. The van der Waals surface area contributed by atoms with E-state index in [-0.39, 0.29) is 11.8 Å². The summed E-state index contributed by atoms with van der Waals surface area (Å²) < 4.78 is 0. The average molecular weight is 234 g/mol. The number of benzene rings is 1. The molecule has 1 amide bonds. The first kappa shape index (κ1) is 13.7. The van der Waals surface area contributed by atoms with Gasteiger partial charge in [0.05, 0.1) is 6.04 Å². The molecule has 1 rings (SSSR count). The number of hydrogen-bond donors (Lipinski definition) is 2. The summed E-state index contributed by atoms with van der Waals surface area (Å²) in [6.07, 6.45) is 0. The Labute approximate surface area is 103 Å². The molecule has 1 aromatic carbocycles. The zero-order valence-electron chi connectivity index (χ0n) is 11.1. The van der Waals surface area contributed by atoms with Crippen LogP contribution < -0.4 is 11.1 Å². The summed E-state index contributed by atoms with van der Waals surface area (Å²) in [4.78, 5) is 11.7. The molecule has 0 fully saturated rings. The number of carbonyl (C=O) groups is 1. The molecule has 0 aliphatic carbocycles. The Balaban J connectivity index is 2.61. The largest absolute Gasteiger partial charge is 0.351 e. The van der Waals surface area contributed by atoms with Crippen LogP contribution in [0.3, 0.4) is 0 Å². The van der Waals surface area contributed by atoms with Gasteiger partial charge in [-0.3, -0.25) is 4.79 Å². The van der Waals surface area contributed by atoms with Crippen molar-refractivity contribution < 1.29 is 4.79 Å². The van der Waals surface area contributed by atoms with Crippen LogP contribution >= 0.6 is 0 Å². The third kappa shape index (κ3) is 3.86. The number of rotatable bonds is 4. The average Bonchev–Trinajstić information content (AvgIpc) is 2.28. The van der Waals surface area contributed by atoms with Crippen molar-refractivity contribution in [1.29, 1.82) is 0 Å². The van der Waals surface area contributed by atoms with Crippen LogP contribution in [0.1, 0.15) is 30.5 Å². The standard InChI is InChI=1S/C14H22N2O/c1-9(2)13(15)14(17)16-8-12-7-10(3)5-6-11(12)4/h5-7,9,13H,8,15H2,1-4H3,(H,16,17). The van der Waals surface area contributed by atoms with Gasteiger partial charge in [0.15, 0.2) is 0 Å². The third-order valence-electron chi connectivity index (χ3n) is 2.98. The molecule has 1 atom stereocenters. The van der Waals surface area contributed by atoms with Crippen LogP contribution in [0.5, 0.6) is 0 Å². The molecule has 0 spiro atoms. The van der Waals surface area contributed by atoms with E-state index in [0.717, 1.165) is 5.56 Å². The van der Waals surface area contributed by atoms with Gasteiger partial charge in [-0.2, -0.15) is 0 Å². The molecule has 94 valence electrons. The normalized spacial score (nSPS) is 12.6. The summed E-state index contributed by atoms with van der Waals surface area (Å²) in [5.41, 5.74) is 9.32. The van der Waals surface area contributed by atoms with Crippen LogP contribution in [0.2, 0.25) is 0 Å². The minimum absolute atomic E-state index is 0.0825. The molecule has 3 heteroatoms. The van der Waals surface area contributed by atoms with Gasteiger partial charge in [0, 0.05) is 6.54 Å². The molecule has 1 unspecified atom stereocenters. The highest BCUT2D eigenvalue weighted by atomic mass is 16.2. The van der Waals surface area contributed by atoms with Crippen LogP contribution in [0.4, 0.5) is 0 Å². The molecule has 17 heavy (non-hydrogen) atoms. The fourth-order valence-corrected chi connectivity index (χ4v) is 1.59. The quantitative estimate of drug-likeness (QED) is 0.836. The summed E-state index contributed by atoms with van der Waals surface area (Å²) >= 11 is 0. The summed E-state index contributed by atoms with van der Waals surface area (Å²) in [6.45, 7) is 8.53. The number of nitrogens with two attached hydrogens (primary N) is 1. The third-order valence-corrected chi connectivity index (χ3v) is 2.98. The predicted molar refractivity (Wildman–Crippen MR) is 70.6 cm³/mol. The van der Waals surface area contributed by atoms with Crippen molar-refractivity contribution in [1.82, 2.24) is 5.32 Å². The topological polar surface area (TPSA) is 55.1 Å². The molecule has 0 saturated carbocycles. The molecule has 3 N–H and O–H groups in total. The monoisotopic (exact) mass is 234 g/mol. The molecular formula is C14H22N2O. The fraction of sp³-hybridized carbons (Fsp3) is 0.500. The second kappa shape index (κ2) is 5.82. The number of nitrogens with one attached hydrogen (secondary N) is 1. The molecule has 1 aromatic rings. The summed E-state index contributed by atoms with van der Waals surface area (Å²) in [7, 11) is 0. The van der Waals surface area contributed by atoms with E-state index in [4.69, 9.17) is 5.73 Å². The van der Waals surface area contributed by atoms with E-state index >= 15 is 0 Å². The molecular weight excluding hydrogens is 212 g/mol. The number of aryl methyl sites for hydroxylation is 2. The van der Waals surface area contributed by atoms with Crippen molar-refractivity contribution in [2.45, 2.75) is 40.3 Å². The molecule has 0 aliphatic heterocycles. The van der Waals surface area contributed by atoms with Crippen molar-refractivity contribution in [3.63, 3.8) is 0 Å². The maximum atomic E-state index is 11.7. The number of carbonyl (C=O) groups excluding carboxylic acids is 1. The van der Waals surface area contributed by atoms with E-state index in [2.05, 4.69) is 23.5 Å². The number of hydrogen-bond acceptors (Lipinski definition) is 2. The lowest BCUT2D eigenvalue weighted by molar-refractivity contribution is -0.123. The van der Waals surface area contributed by atoms with Gasteiger partial charge in [0.1, 0.15) is 0 Å². The van der Waals surface area contributed by atoms with Crippen LogP contribution in [-0.2, 0) is 11.3 Å². The van der Waals surface area contributed by atoms with Crippen LogP contribution in [-0.4, -0.2) is 11.9 Å². The Morgan fingerprint density at radius 2 is 2.00 bits per heavy atom. The first-order valence-electron chi connectivity index (χ1n) is 6.01. The molecule has 0 bridgehead atoms. The second-order valence-corrected chi connectivity index (χ2v) is 4.92. The first-order valence-corrected chi connectivity index (χ1v) is 6.01. The summed E-state index contributed by atoms with van der Waals surface area (Å²) in [5, 5.41) is 2.88. The lowest BCUT2D eigenvalue weighted by Gasteiger charge is -2.16. The van der Waals surface area contributed by atoms with Gasteiger partial charge in [-0.15, -0.1) is 0 Å². The second-order valence-electron chi connectivity index (χ2n) is 4.92. The lowest BCUT2D eigenvalue weighted by Crippen LogP contribution is -2.43. The van der Waals surface area contributed by atoms with Crippen LogP contribution in [0.15, 0.2) is 18.2 Å². The van der Waals surface area contributed by atoms with Crippen molar-refractivity contribution in [2.75, 3.05) is 0 Å². The Morgan fingerprint density at radius 3 is 2.59 bits per heavy atom. The Bertz CT molecular complexity index is 399. The predicted octanol–water partition coefficient (Wildman–Crippen LogP) is 1.90. The Kier molecular flexibility index (Phi) is 4.70. The van der Waals surface area contributed by atoms with E-state index in [1.165, 1.54) is 11.1 Å². The summed E-state index contributed by atoms with van der Waals surface area (Å²) in [6, 6.07) is 5.80. The molecule has 3 nitrogen and oxygen atoms in total. The SMILES string of the molecule is Cc1ccc(C)c(CNC(=O)C(N)C(C)C)c1. The van der Waals surface area contributed by atoms with E-state index in [0.29, 0.717) is 6.54 Å². The van der Waals surface area contributed by atoms with Gasteiger partial charge in [0.2, 0.25) is 5.91 Å². The van der Waals surface area contributed by atoms with Crippen molar-refractivity contribution in [3.8, 4) is 0 Å². The van der Waals surface area contributed by atoms with Gasteiger partial charge in [-0.1, -0.05) is 37.6 Å². The van der Waals surface area contributed by atoms with Gasteiger partial charge in [-0.25, -0.2) is 0 Å². The van der Waals surface area contributed by atoms with Crippen LogP contribution in [0, 0.1) is 19.8 Å². The lowest BCUT2D eigenvalue weighted by atomic mass is 10.0. The minimum atomic E-state index is -0.430. The molecule has 0 heterocycles. The van der Waals surface area contributed by atoms with Crippen molar-refractivity contribution in [2.24, 2.45) is 11.7 Å². The first-order chi connectivity index (χ1) is 7.91. The van der Waals surface area contributed by atoms with E-state index in [1.807, 2.05) is 27.7 Å². The molecule has 0 radical (unpaired) electrons. The summed E-state index contributed by atoms with van der Waals surface area (Å²) in [5.74, 6) is 0.0783. The molecule has 0 saturated heterocycles. The maximum absolute atomic E-state index is 11.7. The minimum Gasteiger partial charge on any atom is -0.351 e.